The predicted molar refractivity (Wildman–Crippen MR) is 74.7 cm³/mol. The van der Waals surface area contributed by atoms with E-state index in [2.05, 4.69) is 51.7 Å². The normalized spacial score (nSPS) is 12.6. The van der Waals surface area contributed by atoms with Crippen molar-refractivity contribution in [1.82, 2.24) is 20.5 Å². The Morgan fingerprint density at radius 3 is 2.72 bits per heavy atom. The van der Waals surface area contributed by atoms with Crippen LogP contribution in [0.5, 0.6) is 0 Å². The van der Waals surface area contributed by atoms with Crippen LogP contribution in [0.3, 0.4) is 0 Å². The summed E-state index contributed by atoms with van der Waals surface area (Å²) in [6.07, 6.45) is 0. The van der Waals surface area contributed by atoms with E-state index in [1.807, 2.05) is 13.0 Å². The predicted octanol–water partition coefficient (Wildman–Crippen LogP) is 2.56. The number of aromatic amines is 1. The number of H-pyrrole nitrogens is 1. The molecule has 2 rings (SSSR count). The molecule has 96 valence electrons. The van der Waals surface area contributed by atoms with E-state index in [0.717, 1.165) is 23.3 Å². The number of aromatic nitrogens is 3. The van der Waals surface area contributed by atoms with Crippen LogP contribution in [0.25, 0.3) is 0 Å². The maximum atomic E-state index is 4.30. The van der Waals surface area contributed by atoms with Gasteiger partial charge in [0, 0.05) is 11.8 Å². The molecule has 0 aliphatic heterocycles. The summed E-state index contributed by atoms with van der Waals surface area (Å²) in [7, 11) is 0. The molecular weight excluding hydrogens is 244 g/mol. The molecule has 1 aromatic heterocycles. The lowest BCUT2D eigenvalue weighted by Crippen LogP contribution is -2.22. The second-order valence-electron chi connectivity index (χ2n) is 4.04. The summed E-state index contributed by atoms with van der Waals surface area (Å²) in [5, 5.41) is 11.3. The zero-order valence-electron chi connectivity index (χ0n) is 10.7. The molecule has 0 aliphatic rings. The molecule has 1 aromatic carbocycles. The Morgan fingerprint density at radius 2 is 2.11 bits per heavy atom. The number of thioether (sulfide) groups is 1. The van der Waals surface area contributed by atoms with E-state index in [0.29, 0.717) is 6.04 Å². The van der Waals surface area contributed by atoms with Crippen molar-refractivity contribution in [1.29, 1.82) is 0 Å². The minimum absolute atomic E-state index is 0.333. The van der Waals surface area contributed by atoms with E-state index in [1.54, 1.807) is 11.8 Å². The van der Waals surface area contributed by atoms with Crippen molar-refractivity contribution in [3.63, 3.8) is 0 Å². The molecule has 0 spiro atoms. The third-order valence-corrected chi connectivity index (χ3v) is 3.55. The lowest BCUT2D eigenvalue weighted by atomic mass is 10.1. The fourth-order valence-corrected chi connectivity index (χ4v) is 2.69. The molecule has 0 bridgehead atoms. The van der Waals surface area contributed by atoms with E-state index in [9.17, 15) is 0 Å². The summed E-state index contributed by atoms with van der Waals surface area (Å²) < 4.78 is 0. The van der Waals surface area contributed by atoms with Gasteiger partial charge in [-0.25, -0.2) is 4.98 Å². The van der Waals surface area contributed by atoms with Gasteiger partial charge in [-0.2, -0.15) is 0 Å². The van der Waals surface area contributed by atoms with Crippen LogP contribution in [0.4, 0.5) is 0 Å². The van der Waals surface area contributed by atoms with Crippen molar-refractivity contribution in [2.75, 3.05) is 12.3 Å². The Morgan fingerprint density at radius 1 is 1.33 bits per heavy atom. The third kappa shape index (κ3) is 3.58. The lowest BCUT2D eigenvalue weighted by Gasteiger charge is -2.17. The highest BCUT2D eigenvalue weighted by Gasteiger charge is 2.11. The van der Waals surface area contributed by atoms with Crippen molar-refractivity contribution in [2.24, 2.45) is 0 Å². The highest BCUT2D eigenvalue weighted by molar-refractivity contribution is 7.99. The van der Waals surface area contributed by atoms with Gasteiger partial charge in [0.25, 0.3) is 0 Å². The number of benzene rings is 1. The van der Waals surface area contributed by atoms with Gasteiger partial charge in [-0.1, -0.05) is 49.0 Å². The topological polar surface area (TPSA) is 53.6 Å². The Kier molecular flexibility index (Phi) is 4.78. The monoisotopic (exact) mass is 262 g/mol. The van der Waals surface area contributed by atoms with Crippen LogP contribution in [-0.4, -0.2) is 27.5 Å². The van der Waals surface area contributed by atoms with Crippen molar-refractivity contribution < 1.29 is 0 Å². The fourth-order valence-electron chi connectivity index (χ4n) is 1.75. The minimum atomic E-state index is 0.333. The Bertz CT molecular complexity index is 469. The maximum Gasteiger partial charge on any atom is 0.208 e. The number of nitrogens with zero attached hydrogens (tertiary/aromatic N) is 2. The minimum Gasteiger partial charge on any atom is -0.309 e. The quantitative estimate of drug-likeness (QED) is 0.786. The van der Waals surface area contributed by atoms with Gasteiger partial charge in [0.15, 0.2) is 0 Å². The molecule has 0 fully saturated rings. The van der Waals surface area contributed by atoms with Crippen molar-refractivity contribution >= 4 is 11.8 Å². The largest absolute Gasteiger partial charge is 0.309 e. The molecule has 0 saturated heterocycles. The third-order valence-electron chi connectivity index (χ3n) is 2.61. The SMILES string of the molecule is CCNC(CSc1n[nH]c(C)n1)c1ccccc1. The standard InChI is InChI=1S/C13H18N4S/c1-3-14-12(11-7-5-4-6-8-11)9-18-13-15-10(2)16-17-13/h4-8,12,14H,3,9H2,1-2H3,(H,15,16,17). The van der Waals surface area contributed by atoms with Crippen LogP contribution in [0.2, 0.25) is 0 Å². The number of rotatable bonds is 6. The van der Waals surface area contributed by atoms with Gasteiger partial charge < -0.3 is 5.32 Å². The summed E-state index contributed by atoms with van der Waals surface area (Å²) in [6, 6.07) is 10.8. The van der Waals surface area contributed by atoms with E-state index < -0.39 is 0 Å². The number of hydrogen-bond acceptors (Lipinski definition) is 4. The van der Waals surface area contributed by atoms with E-state index in [-0.39, 0.29) is 0 Å². The highest BCUT2D eigenvalue weighted by Crippen LogP contribution is 2.22. The first-order chi connectivity index (χ1) is 8.79. The number of nitrogens with one attached hydrogen (secondary N) is 2. The maximum absolute atomic E-state index is 4.30. The summed E-state index contributed by atoms with van der Waals surface area (Å²) >= 11 is 1.67. The molecule has 0 saturated carbocycles. The van der Waals surface area contributed by atoms with Crippen LogP contribution in [-0.2, 0) is 0 Å². The molecule has 4 nitrogen and oxygen atoms in total. The first-order valence-electron chi connectivity index (χ1n) is 6.09. The molecule has 5 heteroatoms. The average Bonchev–Trinajstić information content (AvgIpc) is 2.81. The van der Waals surface area contributed by atoms with Crippen LogP contribution >= 0.6 is 11.8 Å². The first-order valence-corrected chi connectivity index (χ1v) is 7.08. The lowest BCUT2D eigenvalue weighted by molar-refractivity contribution is 0.605. The number of aryl methyl sites for hydroxylation is 1. The van der Waals surface area contributed by atoms with Crippen molar-refractivity contribution in [3.05, 3.63) is 41.7 Å². The summed E-state index contributed by atoms with van der Waals surface area (Å²) in [5.74, 6) is 1.78. The molecule has 18 heavy (non-hydrogen) atoms. The van der Waals surface area contributed by atoms with Gasteiger partial charge in [-0.3, -0.25) is 5.10 Å². The average molecular weight is 262 g/mol. The molecule has 0 aliphatic carbocycles. The first kappa shape index (κ1) is 13.1. The van der Waals surface area contributed by atoms with Gasteiger partial charge in [0.05, 0.1) is 0 Å². The van der Waals surface area contributed by atoms with Crippen LogP contribution in [0.15, 0.2) is 35.5 Å². The summed E-state index contributed by atoms with van der Waals surface area (Å²) in [6.45, 7) is 4.99. The molecule has 2 N–H and O–H groups in total. The van der Waals surface area contributed by atoms with Gasteiger partial charge in [-0.15, -0.1) is 5.10 Å². The second kappa shape index (κ2) is 6.56. The molecular formula is C13H18N4S. The smallest absolute Gasteiger partial charge is 0.208 e. The molecule has 1 unspecified atom stereocenters. The highest BCUT2D eigenvalue weighted by atomic mass is 32.2. The van der Waals surface area contributed by atoms with E-state index in [1.165, 1.54) is 5.56 Å². The molecule has 1 heterocycles. The van der Waals surface area contributed by atoms with Gasteiger partial charge in [0.2, 0.25) is 5.16 Å². The number of hydrogen-bond donors (Lipinski definition) is 2. The fraction of sp³-hybridized carbons (Fsp3) is 0.385. The Balaban J connectivity index is 1.98. The van der Waals surface area contributed by atoms with Crippen LogP contribution in [0.1, 0.15) is 24.4 Å². The Hall–Kier alpha value is -1.33. The van der Waals surface area contributed by atoms with Gasteiger partial charge in [0.1, 0.15) is 5.82 Å². The van der Waals surface area contributed by atoms with Gasteiger partial charge >= 0.3 is 0 Å². The zero-order valence-corrected chi connectivity index (χ0v) is 11.5. The molecule has 1 atom stereocenters. The second-order valence-corrected chi connectivity index (χ2v) is 5.02. The zero-order chi connectivity index (χ0) is 12.8. The van der Waals surface area contributed by atoms with Crippen LogP contribution in [0, 0.1) is 6.92 Å². The Labute approximate surface area is 112 Å². The van der Waals surface area contributed by atoms with E-state index >= 15 is 0 Å². The van der Waals surface area contributed by atoms with Crippen molar-refractivity contribution in [3.8, 4) is 0 Å². The van der Waals surface area contributed by atoms with Crippen LogP contribution < -0.4 is 5.32 Å². The molecule has 0 amide bonds. The molecule has 0 radical (unpaired) electrons. The summed E-state index contributed by atoms with van der Waals surface area (Å²) in [5.41, 5.74) is 1.30. The van der Waals surface area contributed by atoms with Crippen molar-refractivity contribution in [2.45, 2.75) is 25.0 Å². The van der Waals surface area contributed by atoms with E-state index in [4.69, 9.17) is 0 Å². The molecule has 2 aromatic rings. The van der Waals surface area contributed by atoms with Gasteiger partial charge in [-0.05, 0) is 19.0 Å². The summed E-state index contributed by atoms with van der Waals surface area (Å²) in [4.78, 5) is 4.30.